The van der Waals surface area contributed by atoms with Crippen LogP contribution in [0.15, 0.2) is 23.7 Å². The van der Waals surface area contributed by atoms with Crippen LogP contribution >= 0.6 is 0 Å². The van der Waals surface area contributed by atoms with Gasteiger partial charge in [0, 0.05) is 16.8 Å². The van der Waals surface area contributed by atoms with E-state index in [0.29, 0.717) is 6.54 Å². The molecule has 0 aliphatic rings. The van der Waals surface area contributed by atoms with Gasteiger partial charge in [0.1, 0.15) is 6.33 Å². The second kappa shape index (κ2) is 3.42. The smallest absolute Gasteiger partial charge is 0.115 e. The Morgan fingerprint density at radius 3 is 3.20 bits per heavy atom. The molecule has 1 aromatic heterocycles. The molecule has 0 aliphatic carbocycles. The van der Waals surface area contributed by atoms with Gasteiger partial charge < -0.3 is 0 Å². The molecule has 0 spiro atoms. The SMILES string of the molecule is [N-]=[N+]=NCc1ccncn1. The van der Waals surface area contributed by atoms with Gasteiger partial charge in [0.25, 0.3) is 0 Å². The summed E-state index contributed by atoms with van der Waals surface area (Å²) in [6, 6.07) is 1.70. The van der Waals surface area contributed by atoms with E-state index in [1.807, 2.05) is 0 Å². The first kappa shape index (κ1) is 6.51. The third-order valence-corrected chi connectivity index (χ3v) is 0.939. The minimum Gasteiger partial charge on any atom is -0.245 e. The molecule has 0 unspecified atom stereocenters. The second-order valence-corrected chi connectivity index (χ2v) is 1.59. The van der Waals surface area contributed by atoms with E-state index in [4.69, 9.17) is 5.53 Å². The first-order chi connectivity index (χ1) is 4.93. The van der Waals surface area contributed by atoms with E-state index in [9.17, 15) is 0 Å². The van der Waals surface area contributed by atoms with Gasteiger partial charge in [-0.2, -0.15) is 0 Å². The van der Waals surface area contributed by atoms with Gasteiger partial charge in [0.2, 0.25) is 0 Å². The van der Waals surface area contributed by atoms with Gasteiger partial charge >= 0.3 is 0 Å². The van der Waals surface area contributed by atoms with E-state index in [-0.39, 0.29) is 0 Å². The van der Waals surface area contributed by atoms with Crippen molar-refractivity contribution in [2.75, 3.05) is 0 Å². The molecule has 50 valence electrons. The Bertz CT molecular complexity index is 237. The highest BCUT2D eigenvalue weighted by Crippen LogP contribution is 1.92. The van der Waals surface area contributed by atoms with Crippen molar-refractivity contribution in [1.82, 2.24) is 9.97 Å². The average molecular weight is 135 g/mol. The summed E-state index contributed by atoms with van der Waals surface area (Å²) in [4.78, 5) is 10.1. The number of nitrogens with zero attached hydrogens (tertiary/aromatic N) is 5. The molecule has 0 saturated carbocycles. The Morgan fingerprint density at radius 1 is 1.70 bits per heavy atom. The van der Waals surface area contributed by atoms with Crippen molar-refractivity contribution in [2.45, 2.75) is 6.54 Å². The maximum absolute atomic E-state index is 7.94. The maximum Gasteiger partial charge on any atom is 0.115 e. The molecular formula is C5H5N5. The number of aromatic nitrogens is 2. The van der Waals surface area contributed by atoms with Gasteiger partial charge in [-0.15, -0.1) is 0 Å². The van der Waals surface area contributed by atoms with Crippen molar-refractivity contribution in [2.24, 2.45) is 5.11 Å². The summed E-state index contributed by atoms with van der Waals surface area (Å²) in [5, 5.41) is 3.33. The highest BCUT2D eigenvalue weighted by Gasteiger charge is 1.86. The number of rotatable bonds is 2. The van der Waals surface area contributed by atoms with Crippen LogP contribution in [0.2, 0.25) is 0 Å². The van der Waals surface area contributed by atoms with Crippen LogP contribution in [0.4, 0.5) is 0 Å². The van der Waals surface area contributed by atoms with Crippen molar-refractivity contribution in [3.63, 3.8) is 0 Å². The monoisotopic (exact) mass is 135 g/mol. The number of azide groups is 1. The quantitative estimate of drug-likeness (QED) is 0.348. The largest absolute Gasteiger partial charge is 0.245 e. The van der Waals surface area contributed by atoms with E-state index in [1.165, 1.54) is 6.33 Å². The Morgan fingerprint density at radius 2 is 2.60 bits per heavy atom. The Kier molecular flexibility index (Phi) is 2.23. The third-order valence-electron chi connectivity index (χ3n) is 0.939. The standard InChI is InChI=1S/C5H5N5/c6-10-9-3-5-1-2-7-4-8-5/h1-2,4H,3H2. The van der Waals surface area contributed by atoms with Gasteiger partial charge in [0.15, 0.2) is 0 Å². The third kappa shape index (κ3) is 1.72. The van der Waals surface area contributed by atoms with Gasteiger partial charge in [0.05, 0.1) is 6.54 Å². The van der Waals surface area contributed by atoms with Crippen LogP contribution in [0.3, 0.4) is 0 Å². The molecule has 1 aromatic rings. The highest BCUT2D eigenvalue weighted by molar-refractivity contribution is 4.96. The fourth-order valence-corrected chi connectivity index (χ4v) is 0.516. The van der Waals surface area contributed by atoms with Crippen molar-refractivity contribution in [3.8, 4) is 0 Å². The summed E-state index contributed by atoms with van der Waals surface area (Å²) in [6.45, 7) is 0.291. The summed E-state index contributed by atoms with van der Waals surface area (Å²) < 4.78 is 0. The molecule has 0 fully saturated rings. The zero-order valence-electron chi connectivity index (χ0n) is 5.18. The summed E-state index contributed by atoms with van der Waals surface area (Å²) in [5.41, 5.74) is 8.67. The van der Waals surface area contributed by atoms with E-state index in [2.05, 4.69) is 20.0 Å². The van der Waals surface area contributed by atoms with E-state index < -0.39 is 0 Å². The molecule has 0 N–H and O–H groups in total. The molecule has 0 aromatic carbocycles. The molecule has 0 bridgehead atoms. The zero-order valence-corrected chi connectivity index (χ0v) is 5.18. The molecule has 0 atom stereocenters. The van der Waals surface area contributed by atoms with Crippen molar-refractivity contribution < 1.29 is 0 Å². The van der Waals surface area contributed by atoms with Gasteiger partial charge in [-0.05, 0) is 11.6 Å². The predicted octanol–water partition coefficient (Wildman–Crippen LogP) is 1.29. The molecule has 5 nitrogen and oxygen atoms in total. The van der Waals surface area contributed by atoms with Crippen LogP contribution in [0, 0.1) is 0 Å². The van der Waals surface area contributed by atoms with Crippen LogP contribution in [-0.4, -0.2) is 9.97 Å². The van der Waals surface area contributed by atoms with E-state index >= 15 is 0 Å². The summed E-state index contributed by atoms with van der Waals surface area (Å²) >= 11 is 0. The lowest BCUT2D eigenvalue weighted by Crippen LogP contribution is -1.85. The van der Waals surface area contributed by atoms with E-state index in [0.717, 1.165) is 5.69 Å². The fourth-order valence-electron chi connectivity index (χ4n) is 0.516. The molecule has 0 radical (unpaired) electrons. The van der Waals surface area contributed by atoms with E-state index in [1.54, 1.807) is 12.3 Å². The first-order valence-electron chi connectivity index (χ1n) is 2.69. The number of hydrogen-bond acceptors (Lipinski definition) is 3. The first-order valence-corrected chi connectivity index (χ1v) is 2.69. The van der Waals surface area contributed by atoms with Gasteiger partial charge in [-0.3, -0.25) is 0 Å². The summed E-state index contributed by atoms with van der Waals surface area (Å²) in [5.74, 6) is 0. The van der Waals surface area contributed by atoms with Crippen molar-refractivity contribution in [3.05, 3.63) is 34.7 Å². The Balaban J connectivity index is 2.67. The molecule has 0 aliphatic heterocycles. The molecule has 5 heteroatoms. The van der Waals surface area contributed by atoms with Crippen LogP contribution < -0.4 is 0 Å². The average Bonchev–Trinajstić information content (AvgIpc) is 2.03. The Hall–Kier alpha value is -1.61. The van der Waals surface area contributed by atoms with Crippen LogP contribution in [0.25, 0.3) is 10.4 Å². The Labute approximate surface area is 57.4 Å². The molecule has 0 saturated heterocycles. The highest BCUT2D eigenvalue weighted by atomic mass is 15.1. The van der Waals surface area contributed by atoms with Crippen molar-refractivity contribution >= 4 is 0 Å². The normalized spacial score (nSPS) is 8.40. The molecule has 10 heavy (non-hydrogen) atoms. The van der Waals surface area contributed by atoms with Crippen LogP contribution in [0.1, 0.15) is 5.69 Å². The minimum atomic E-state index is 0.291. The minimum absolute atomic E-state index is 0.291. The lowest BCUT2D eigenvalue weighted by Gasteiger charge is -1.88. The maximum atomic E-state index is 7.94. The number of hydrogen-bond donors (Lipinski definition) is 0. The van der Waals surface area contributed by atoms with Crippen molar-refractivity contribution in [1.29, 1.82) is 0 Å². The predicted molar refractivity (Wildman–Crippen MR) is 34.9 cm³/mol. The topological polar surface area (TPSA) is 74.5 Å². The van der Waals surface area contributed by atoms with Gasteiger partial charge in [-0.1, -0.05) is 5.11 Å². The molecule has 1 heterocycles. The van der Waals surface area contributed by atoms with Crippen LogP contribution in [0.5, 0.6) is 0 Å². The summed E-state index contributed by atoms with van der Waals surface area (Å²) in [7, 11) is 0. The second-order valence-electron chi connectivity index (χ2n) is 1.59. The fraction of sp³-hybridized carbons (Fsp3) is 0.200. The molecule has 1 rings (SSSR count). The molecule has 0 amide bonds. The molecular weight excluding hydrogens is 130 g/mol. The van der Waals surface area contributed by atoms with Crippen LogP contribution in [-0.2, 0) is 6.54 Å². The lowest BCUT2D eigenvalue weighted by molar-refractivity contribution is 0.952. The summed E-state index contributed by atoms with van der Waals surface area (Å²) in [6.07, 6.45) is 3.03. The van der Waals surface area contributed by atoms with Gasteiger partial charge in [-0.25, -0.2) is 9.97 Å². The lowest BCUT2D eigenvalue weighted by atomic mass is 10.4. The zero-order chi connectivity index (χ0) is 7.23.